The number of piperidine rings is 1. The van der Waals surface area contributed by atoms with Gasteiger partial charge in [-0.15, -0.1) is 0 Å². The van der Waals surface area contributed by atoms with E-state index in [0.717, 1.165) is 31.4 Å². The third-order valence-corrected chi connectivity index (χ3v) is 3.96. The first-order valence-corrected chi connectivity index (χ1v) is 6.85. The van der Waals surface area contributed by atoms with E-state index < -0.39 is 0 Å². The molecule has 1 atom stereocenters. The fourth-order valence-electron chi connectivity index (χ4n) is 2.88. The van der Waals surface area contributed by atoms with Gasteiger partial charge in [-0.25, -0.2) is 0 Å². The molecule has 1 saturated heterocycles. The first-order chi connectivity index (χ1) is 9.25. The van der Waals surface area contributed by atoms with Crippen molar-refractivity contribution in [2.45, 2.75) is 19.8 Å². The average molecular weight is 254 g/mol. The summed E-state index contributed by atoms with van der Waals surface area (Å²) in [5, 5.41) is 1.18. The second-order valence-corrected chi connectivity index (χ2v) is 5.24. The number of Topliss-reactive ketones (excluding diaryl/α,β-unsaturated/α-hetero) is 1. The van der Waals surface area contributed by atoms with Gasteiger partial charge >= 0.3 is 0 Å². The monoisotopic (exact) mass is 254 g/mol. The average Bonchev–Trinajstić information content (AvgIpc) is 2.47. The molecule has 19 heavy (non-hydrogen) atoms. The number of anilines is 1. The lowest BCUT2D eigenvalue weighted by molar-refractivity contribution is -0.120. The van der Waals surface area contributed by atoms with Crippen LogP contribution in [0.2, 0.25) is 0 Å². The van der Waals surface area contributed by atoms with Crippen molar-refractivity contribution in [3.05, 3.63) is 36.5 Å². The largest absolute Gasteiger partial charge is 0.370 e. The summed E-state index contributed by atoms with van der Waals surface area (Å²) in [6.07, 6.45) is 3.96. The zero-order valence-electron chi connectivity index (χ0n) is 11.2. The molecule has 98 valence electrons. The van der Waals surface area contributed by atoms with Crippen molar-refractivity contribution in [1.82, 2.24) is 4.98 Å². The first kappa shape index (κ1) is 12.2. The summed E-state index contributed by atoms with van der Waals surface area (Å²) < 4.78 is 0. The second-order valence-electron chi connectivity index (χ2n) is 5.24. The van der Waals surface area contributed by atoms with Crippen LogP contribution in [0.25, 0.3) is 10.9 Å². The van der Waals surface area contributed by atoms with Gasteiger partial charge in [-0.05, 0) is 31.9 Å². The lowest BCUT2D eigenvalue weighted by atomic mass is 9.94. The molecule has 1 unspecified atom stereocenters. The molecule has 0 bridgehead atoms. The Morgan fingerprint density at radius 3 is 3.00 bits per heavy atom. The van der Waals surface area contributed by atoms with Crippen LogP contribution in [0.5, 0.6) is 0 Å². The zero-order valence-corrected chi connectivity index (χ0v) is 11.2. The van der Waals surface area contributed by atoms with Gasteiger partial charge in [-0.3, -0.25) is 9.78 Å². The van der Waals surface area contributed by atoms with Crippen molar-refractivity contribution < 1.29 is 4.79 Å². The number of carbonyl (C=O) groups excluding carboxylic acids is 1. The highest BCUT2D eigenvalue weighted by molar-refractivity contribution is 5.91. The van der Waals surface area contributed by atoms with E-state index in [1.807, 2.05) is 24.4 Å². The number of nitrogens with zero attached hydrogens (tertiary/aromatic N) is 2. The van der Waals surface area contributed by atoms with E-state index in [4.69, 9.17) is 0 Å². The van der Waals surface area contributed by atoms with Gasteiger partial charge in [-0.2, -0.15) is 0 Å². The molecule has 1 aromatic carbocycles. The normalized spacial score (nSPS) is 19.6. The maximum atomic E-state index is 11.6. The van der Waals surface area contributed by atoms with Crippen LogP contribution in [0.4, 0.5) is 5.69 Å². The van der Waals surface area contributed by atoms with Crippen molar-refractivity contribution in [3.63, 3.8) is 0 Å². The highest BCUT2D eigenvalue weighted by Crippen LogP contribution is 2.29. The minimum atomic E-state index is 0.181. The molecule has 3 heteroatoms. The van der Waals surface area contributed by atoms with E-state index >= 15 is 0 Å². The molecule has 1 aliphatic heterocycles. The molecule has 2 heterocycles. The van der Waals surface area contributed by atoms with Crippen LogP contribution < -0.4 is 4.90 Å². The predicted molar refractivity (Wildman–Crippen MR) is 77.4 cm³/mol. The molecule has 1 aromatic heterocycles. The number of hydrogen-bond donors (Lipinski definition) is 0. The van der Waals surface area contributed by atoms with Crippen LogP contribution in [0.3, 0.4) is 0 Å². The maximum Gasteiger partial charge on any atom is 0.134 e. The fourth-order valence-corrected chi connectivity index (χ4v) is 2.88. The van der Waals surface area contributed by atoms with Gasteiger partial charge in [0.25, 0.3) is 0 Å². The molecule has 1 fully saturated rings. The van der Waals surface area contributed by atoms with Gasteiger partial charge in [-0.1, -0.05) is 18.2 Å². The Morgan fingerprint density at radius 1 is 1.32 bits per heavy atom. The van der Waals surface area contributed by atoms with Crippen molar-refractivity contribution in [1.29, 1.82) is 0 Å². The van der Waals surface area contributed by atoms with E-state index in [0.29, 0.717) is 5.78 Å². The topological polar surface area (TPSA) is 33.2 Å². The molecule has 0 N–H and O–H groups in total. The van der Waals surface area contributed by atoms with Crippen LogP contribution in [0, 0.1) is 5.92 Å². The molecule has 3 rings (SSSR count). The molecule has 2 aromatic rings. The minimum Gasteiger partial charge on any atom is -0.370 e. The molecular weight excluding hydrogens is 236 g/mol. The van der Waals surface area contributed by atoms with Crippen LogP contribution in [-0.4, -0.2) is 23.9 Å². The van der Waals surface area contributed by atoms with E-state index in [1.165, 1.54) is 11.1 Å². The van der Waals surface area contributed by atoms with Crippen molar-refractivity contribution in [3.8, 4) is 0 Å². The van der Waals surface area contributed by atoms with Gasteiger partial charge in [0.2, 0.25) is 0 Å². The number of carbonyl (C=O) groups is 1. The third-order valence-electron chi connectivity index (χ3n) is 3.96. The summed E-state index contributed by atoms with van der Waals surface area (Å²) in [4.78, 5) is 18.3. The second kappa shape index (κ2) is 5.00. The number of benzene rings is 1. The smallest absolute Gasteiger partial charge is 0.134 e. The Balaban J connectivity index is 1.97. The lowest BCUT2D eigenvalue weighted by Crippen LogP contribution is -2.38. The highest BCUT2D eigenvalue weighted by Gasteiger charge is 2.24. The van der Waals surface area contributed by atoms with Crippen LogP contribution in [0.1, 0.15) is 19.8 Å². The number of rotatable bonds is 2. The Morgan fingerprint density at radius 2 is 2.16 bits per heavy atom. The van der Waals surface area contributed by atoms with Gasteiger partial charge in [0.15, 0.2) is 0 Å². The Labute approximate surface area is 113 Å². The molecular formula is C16H18N2O. The Kier molecular flexibility index (Phi) is 3.20. The van der Waals surface area contributed by atoms with Gasteiger partial charge in [0, 0.05) is 36.3 Å². The summed E-state index contributed by atoms with van der Waals surface area (Å²) in [5.74, 6) is 0.490. The number of fused-ring (bicyclic) bond motifs is 1. The Bertz CT molecular complexity index is 603. The molecule has 0 saturated carbocycles. The van der Waals surface area contributed by atoms with Crippen LogP contribution in [0.15, 0.2) is 36.5 Å². The molecule has 0 aliphatic carbocycles. The zero-order chi connectivity index (χ0) is 13.2. The summed E-state index contributed by atoms with van der Waals surface area (Å²) >= 11 is 0. The molecule has 0 radical (unpaired) electrons. The fraction of sp³-hybridized carbons (Fsp3) is 0.375. The first-order valence-electron chi connectivity index (χ1n) is 6.85. The number of aromatic nitrogens is 1. The van der Waals surface area contributed by atoms with E-state index in [2.05, 4.69) is 22.0 Å². The van der Waals surface area contributed by atoms with Crippen LogP contribution in [-0.2, 0) is 4.79 Å². The number of ketones is 1. The summed E-state index contributed by atoms with van der Waals surface area (Å²) in [6, 6.07) is 10.2. The van der Waals surface area contributed by atoms with Gasteiger partial charge in [0.05, 0.1) is 5.52 Å². The molecule has 3 nitrogen and oxygen atoms in total. The van der Waals surface area contributed by atoms with Gasteiger partial charge in [0.1, 0.15) is 5.78 Å². The SMILES string of the molecule is CC(=O)C1CCCN(c2ccnc3ccccc23)C1. The number of pyridine rings is 1. The summed E-state index contributed by atoms with van der Waals surface area (Å²) in [5.41, 5.74) is 2.22. The summed E-state index contributed by atoms with van der Waals surface area (Å²) in [6.45, 7) is 3.57. The number of hydrogen-bond acceptors (Lipinski definition) is 3. The standard InChI is InChI=1S/C16H18N2O/c1-12(19)13-5-4-10-18(11-13)16-8-9-17-15-7-3-2-6-14(15)16/h2-3,6-9,13H,4-5,10-11H2,1H3. The minimum absolute atomic E-state index is 0.181. The van der Waals surface area contributed by atoms with Crippen molar-refractivity contribution in [2.24, 2.45) is 5.92 Å². The molecule has 1 aliphatic rings. The van der Waals surface area contributed by atoms with Crippen LogP contribution >= 0.6 is 0 Å². The summed E-state index contributed by atoms with van der Waals surface area (Å²) in [7, 11) is 0. The maximum absolute atomic E-state index is 11.6. The quantitative estimate of drug-likeness (QED) is 0.826. The molecule has 0 spiro atoms. The third kappa shape index (κ3) is 2.33. The van der Waals surface area contributed by atoms with Crippen molar-refractivity contribution >= 4 is 22.4 Å². The van der Waals surface area contributed by atoms with E-state index in [9.17, 15) is 4.79 Å². The predicted octanol–water partition coefficient (Wildman–Crippen LogP) is 3.04. The molecule has 0 amide bonds. The van der Waals surface area contributed by atoms with Crippen molar-refractivity contribution in [2.75, 3.05) is 18.0 Å². The Hall–Kier alpha value is -1.90. The number of para-hydroxylation sites is 1. The van der Waals surface area contributed by atoms with Gasteiger partial charge < -0.3 is 4.90 Å². The lowest BCUT2D eigenvalue weighted by Gasteiger charge is -2.33. The van der Waals surface area contributed by atoms with E-state index in [1.54, 1.807) is 6.92 Å². The highest BCUT2D eigenvalue weighted by atomic mass is 16.1. The van der Waals surface area contributed by atoms with E-state index in [-0.39, 0.29) is 5.92 Å².